The Bertz CT molecular complexity index is 114. The van der Waals surface area contributed by atoms with Crippen molar-refractivity contribution < 1.29 is 0 Å². The molecule has 0 fully saturated rings. The quantitative estimate of drug-likeness (QED) is 0.514. The monoisotopic (exact) mass is 125 g/mol. The lowest BCUT2D eigenvalue weighted by Gasteiger charge is -2.13. The van der Waals surface area contributed by atoms with Crippen molar-refractivity contribution in [3.05, 3.63) is 12.3 Å². The molecule has 0 spiro atoms. The first-order valence-corrected chi connectivity index (χ1v) is 3.25. The highest BCUT2D eigenvalue weighted by Gasteiger charge is 2.08. The molecule has 0 aromatic carbocycles. The maximum atomic E-state index is 3.77. The zero-order valence-corrected chi connectivity index (χ0v) is 6.52. The molecule has 1 atom stereocenters. The normalized spacial score (nSPS) is 13.3. The summed E-state index contributed by atoms with van der Waals surface area (Å²) in [5.41, 5.74) is 0.894. The highest BCUT2D eigenvalue weighted by Crippen LogP contribution is 2.17. The molecule has 1 unspecified atom stereocenters. The maximum absolute atomic E-state index is 3.77. The fourth-order valence-corrected chi connectivity index (χ4v) is 0.529. The van der Waals surface area contributed by atoms with Gasteiger partial charge in [-0.25, -0.2) is 0 Å². The summed E-state index contributed by atoms with van der Waals surface area (Å²) in [6.07, 6.45) is 0. The predicted octanol–water partition coefficient (Wildman–Crippen LogP) is 2.49. The van der Waals surface area contributed by atoms with Gasteiger partial charge in [0, 0.05) is 11.6 Å². The minimum Gasteiger partial charge on any atom is -0.269 e. The molecule has 0 aliphatic carbocycles. The lowest BCUT2D eigenvalue weighted by atomic mass is 9.96. The van der Waals surface area contributed by atoms with Crippen LogP contribution in [0.25, 0.3) is 0 Å². The standard InChI is InChI=1S/C8H15N/c1-6(2)7(3)8(4)9-5/h6-7H,4-5H2,1-3H3. The first-order valence-electron chi connectivity index (χ1n) is 3.25. The van der Waals surface area contributed by atoms with Crippen molar-refractivity contribution in [1.29, 1.82) is 0 Å². The van der Waals surface area contributed by atoms with E-state index in [0.29, 0.717) is 11.8 Å². The van der Waals surface area contributed by atoms with Crippen LogP contribution in [0.1, 0.15) is 20.8 Å². The zero-order chi connectivity index (χ0) is 7.44. The largest absolute Gasteiger partial charge is 0.269 e. The van der Waals surface area contributed by atoms with E-state index in [9.17, 15) is 0 Å². The predicted molar refractivity (Wildman–Crippen MR) is 42.7 cm³/mol. The first kappa shape index (κ1) is 8.41. The molecule has 0 aliphatic heterocycles. The Balaban J connectivity index is 3.87. The Kier molecular flexibility index (Phi) is 3.21. The third kappa shape index (κ3) is 2.45. The van der Waals surface area contributed by atoms with Crippen molar-refractivity contribution in [2.75, 3.05) is 0 Å². The van der Waals surface area contributed by atoms with Crippen LogP contribution in [0.2, 0.25) is 0 Å². The third-order valence-electron chi connectivity index (χ3n) is 1.73. The van der Waals surface area contributed by atoms with Crippen LogP contribution >= 0.6 is 0 Å². The number of nitrogens with zero attached hydrogens (tertiary/aromatic N) is 1. The third-order valence-corrected chi connectivity index (χ3v) is 1.73. The Morgan fingerprint density at radius 1 is 1.33 bits per heavy atom. The van der Waals surface area contributed by atoms with E-state index in [2.05, 4.69) is 39.1 Å². The molecule has 0 aromatic heterocycles. The summed E-state index contributed by atoms with van der Waals surface area (Å²) in [5, 5.41) is 0. The van der Waals surface area contributed by atoms with Gasteiger partial charge < -0.3 is 0 Å². The van der Waals surface area contributed by atoms with Gasteiger partial charge in [0.05, 0.1) is 0 Å². The van der Waals surface area contributed by atoms with Gasteiger partial charge in [0.15, 0.2) is 0 Å². The van der Waals surface area contributed by atoms with E-state index < -0.39 is 0 Å². The molecule has 1 nitrogen and oxygen atoms in total. The number of aliphatic imine (C=N–C) groups is 1. The van der Waals surface area contributed by atoms with Crippen LogP contribution in [0.4, 0.5) is 0 Å². The van der Waals surface area contributed by atoms with Gasteiger partial charge in [-0.3, -0.25) is 4.99 Å². The number of hydrogen-bond donors (Lipinski definition) is 0. The van der Waals surface area contributed by atoms with Gasteiger partial charge in [-0.1, -0.05) is 27.4 Å². The molecule has 0 aliphatic rings. The number of rotatable bonds is 3. The highest BCUT2D eigenvalue weighted by molar-refractivity contribution is 5.28. The first-order chi connectivity index (χ1) is 4.09. The van der Waals surface area contributed by atoms with Gasteiger partial charge in [0.1, 0.15) is 0 Å². The van der Waals surface area contributed by atoms with Gasteiger partial charge in [-0.05, 0) is 12.6 Å². The second kappa shape index (κ2) is 3.44. The molecule has 0 rings (SSSR count). The fraction of sp³-hybridized carbons (Fsp3) is 0.625. The number of hydrogen-bond acceptors (Lipinski definition) is 1. The SMILES string of the molecule is C=NC(=C)C(C)C(C)C. The molecule has 52 valence electrons. The summed E-state index contributed by atoms with van der Waals surface area (Å²) in [6, 6.07) is 0. The van der Waals surface area contributed by atoms with Gasteiger partial charge in [0.2, 0.25) is 0 Å². The smallest absolute Gasteiger partial charge is 0.0355 e. The van der Waals surface area contributed by atoms with Gasteiger partial charge in [0.25, 0.3) is 0 Å². The molecular weight excluding hydrogens is 110 g/mol. The van der Waals surface area contributed by atoms with Crippen LogP contribution in [-0.2, 0) is 0 Å². The van der Waals surface area contributed by atoms with Gasteiger partial charge in [-0.2, -0.15) is 0 Å². The average molecular weight is 125 g/mol. The zero-order valence-electron chi connectivity index (χ0n) is 6.52. The second-order valence-corrected chi connectivity index (χ2v) is 2.68. The molecule has 0 N–H and O–H groups in total. The second-order valence-electron chi connectivity index (χ2n) is 2.68. The Morgan fingerprint density at radius 2 is 1.78 bits per heavy atom. The molecule has 0 bridgehead atoms. The molecular formula is C8H15N. The molecule has 0 saturated carbocycles. The average Bonchev–Trinajstić information content (AvgIpc) is 1.84. The summed E-state index contributed by atoms with van der Waals surface area (Å²) in [5.74, 6) is 1.07. The number of allylic oxidation sites excluding steroid dienone is 1. The molecule has 0 heterocycles. The van der Waals surface area contributed by atoms with Crippen LogP contribution in [0.15, 0.2) is 17.3 Å². The van der Waals surface area contributed by atoms with Crippen LogP contribution < -0.4 is 0 Å². The summed E-state index contributed by atoms with van der Waals surface area (Å²) in [7, 11) is 0. The van der Waals surface area contributed by atoms with E-state index in [1.54, 1.807) is 0 Å². The topological polar surface area (TPSA) is 12.4 Å². The molecule has 0 saturated heterocycles. The Hall–Kier alpha value is -0.590. The van der Waals surface area contributed by atoms with E-state index in [4.69, 9.17) is 0 Å². The van der Waals surface area contributed by atoms with Gasteiger partial charge in [-0.15, -0.1) is 0 Å². The summed E-state index contributed by atoms with van der Waals surface area (Å²) >= 11 is 0. The lowest BCUT2D eigenvalue weighted by molar-refractivity contribution is 0.478. The van der Waals surface area contributed by atoms with Crippen LogP contribution in [0.3, 0.4) is 0 Å². The van der Waals surface area contributed by atoms with Crippen molar-refractivity contribution in [2.24, 2.45) is 16.8 Å². The van der Waals surface area contributed by atoms with Crippen LogP contribution in [-0.4, -0.2) is 6.72 Å². The fourth-order valence-electron chi connectivity index (χ4n) is 0.529. The van der Waals surface area contributed by atoms with Crippen LogP contribution in [0.5, 0.6) is 0 Å². The summed E-state index contributed by atoms with van der Waals surface area (Å²) in [4.78, 5) is 3.77. The van der Waals surface area contributed by atoms with Gasteiger partial charge >= 0.3 is 0 Å². The highest BCUT2D eigenvalue weighted by atomic mass is 14.7. The van der Waals surface area contributed by atoms with Crippen LogP contribution in [0, 0.1) is 11.8 Å². The Morgan fingerprint density at radius 3 is 1.89 bits per heavy atom. The minimum atomic E-state index is 0.461. The maximum Gasteiger partial charge on any atom is 0.0355 e. The van der Waals surface area contributed by atoms with E-state index >= 15 is 0 Å². The van der Waals surface area contributed by atoms with E-state index in [0.717, 1.165) is 5.70 Å². The van der Waals surface area contributed by atoms with E-state index in [1.165, 1.54) is 0 Å². The molecule has 0 amide bonds. The summed E-state index contributed by atoms with van der Waals surface area (Å²) in [6.45, 7) is 13.6. The van der Waals surface area contributed by atoms with Crippen molar-refractivity contribution in [3.63, 3.8) is 0 Å². The molecule has 0 radical (unpaired) electrons. The molecule has 1 heteroatoms. The summed E-state index contributed by atoms with van der Waals surface area (Å²) < 4.78 is 0. The van der Waals surface area contributed by atoms with Crippen molar-refractivity contribution in [3.8, 4) is 0 Å². The molecule has 0 aromatic rings. The van der Waals surface area contributed by atoms with Crippen molar-refractivity contribution >= 4 is 6.72 Å². The molecule has 9 heavy (non-hydrogen) atoms. The minimum absolute atomic E-state index is 0.461. The van der Waals surface area contributed by atoms with E-state index in [-0.39, 0.29) is 0 Å². The van der Waals surface area contributed by atoms with Crippen molar-refractivity contribution in [2.45, 2.75) is 20.8 Å². The van der Waals surface area contributed by atoms with Crippen molar-refractivity contribution in [1.82, 2.24) is 0 Å². The lowest BCUT2D eigenvalue weighted by Crippen LogP contribution is -2.04. The van der Waals surface area contributed by atoms with E-state index in [1.807, 2.05) is 0 Å². The Labute approximate surface area is 57.5 Å².